The van der Waals surface area contributed by atoms with Crippen molar-refractivity contribution in [3.63, 3.8) is 0 Å². The lowest BCUT2D eigenvalue weighted by atomic mass is 9.92. The molecule has 0 atom stereocenters. The Hall–Kier alpha value is -1.21. The standard InChI is InChI=1S/C14H23NO3/c1-5-10-15(13(17)18-14(2,3)4)11-6-8-12(16)9-7-11/h1,11-12,16H,6-10H2,2-4H3. The van der Waals surface area contributed by atoms with Gasteiger partial charge >= 0.3 is 6.09 Å². The van der Waals surface area contributed by atoms with Gasteiger partial charge in [0.25, 0.3) is 0 Å². The Balaban J connectivity index is 2.65. The Kier molecular flexibility index (Phi) is 5.03. The fourth-order valence-corrected chi connectivity index (χ4v) is 2.13. The quantitative estimate of drug-likeness (QED) is 0.767. The van der Waals surface area contributed by atoms with Gasteiger partial charge < -0.3 is 9.84 Å². The van der Waals surface area contributed by atoms with Crippen LogP contribution in [-0.4, -0.2) is 40.4 Å². The third-order valence-electron chi connectivity index (χ3n) is 3.00. The first-order valence-electron chi connectivity index (χ1n) is 6.44. The summed E-state index contributed by atoms with van der Waals surface area (Å²) in [5.74, 6) is 2.51. The Morgan fingerprint density at radius 1 is 1.39 bits per heavy atom. The van der Waals surface area contributed by atoms with Crippen LogP contribution in [0.1, 0.15) is 46.5 Å². The van der Waals surface area contributed by atoms with E-state index in [1.165, 1.54) is 0 Å². The van der Waals surface area contributed by atoms with Crippen LogP contribution in [0.2, 0.25) is 0 Å². The average molecular weight is 253 g/mol. The molecule has 1 aliphatic carbocycles. The molecule has 1 fully saturated rings. The molecule has 18 heavy (non-hydrogen) atoms. The summed E-state index contributed by atoms with van der Waals surface area (Å²) in [4.78, 5) is 13.7. The second-order valence-corrected chi connectivity index (χ2v) is 5.77. The summed E-state index contributed by atoms with van der Waals surface area (Å²) in [7, 11) is 0. The van der Waals surface area contributed by atoms with Gasteiger partial charge in [-0.1, -0.05) is 5.92 Å². The third kappa shape index (κ3) is 4.58. The van der Waals surface area contributed by atoms with E-state index in [0.717, 1.165) is 12.8 Å². The molecule has 1 rings (SSSR count). The van der Waals surface area contributed by atoms with Crippen LogP contribution in [-0.2, 0) is 4.74 Å². The van der Waals surface area contributed by atoms with Crippen LogP contribution in [0.15, 0.2) is 0 Å². The molecule has 1 aliphatic rings. The predicted molar refractivity (Wildman–Crippen MR) is 70.0 cm³/mol. The highest BCUT2D eigenvalue weighted by Crippen LogP contribution is 2.24. The van der Waals surface area contributed by atoms with E-state index in [1.807, 2.05) is 20.8 Å². The molecule has 0 aromatic rings. The molecule has 0 radical (unpaired) electrons. The number of hydrogen-bond acceptors (Lipinski definition) is 3. The molecule has 4 heteroatoms. The molecular formula is C14H23NO3. The molecule has 1 saturated carbocycles. The van der Waals surface area contributed by atoms with Gasteiger partial charge in [0.15, 0.2) is 0 Å². The lowest BCUT2D eigenvalue weighted by Gasteiger charge is -2.35. The summed E-state index contributed by atoms with van der Waals surface area (Å²) in [6.07, 6.45) is 7.71. The van der Waals surface area contributed by atoms with E-state index >= 15 is 0 Å². The highest BCUT2D eigenvalue weighted by Gasteiger charge is 2.30. The summed E-state index contributed by atoms with van der Waals surface area (Å²) in [6.45, 7) is 5.77. The Morgan fingerprint density at radius 3 is 2.39 bits per heavy atom. The van der Waals surface area contributed by atoms with Gasteiger partial charge in [-0.25, -0.2) is 4.79 Å². The minimum atomic E-state index is -0.516. The summed E-state index contributed by atoms with van der Waals surface area (Å²) in [5, 5.41) is 9.49. The maximum absolute atomic E-state index is 12.1. The van der Waals surface area contributed by atoms with Crippen molar-refractivity contribution in [2.45, 2.75) is 64.2 Å². The van der Waals surface area contributed by atoms with Gasteiger partial charge in [0.05, 0.1) is 12.6 Å². The first kappa shape index (κ1) is 14.8. The van der Waals surface area contributed by atoms with Crippen molar-refractivity contribution < 1.29 is 14.6 Å². The number of terminal acetylenes is 1. The van der Waals surface area contributed by atoms with Crippen LogP contribution in [0, 0.1) is 12.3 Å². The molecule has 0 unspecified atom stereocenters. The number of hydrogen-bond donors (Lipinski definition) is 1. The van der Waals surface area contributed by atoms with Gasteiger partial charge in [0, 0.05) is 6.04 Å². The molecule has 0 spiro atoms. The average Bonchev–Trinajstić information content (AvgIpc) is 2.25. The van der Waals surface area contributed by atoms with Crippen molar-refractivity contribution >= 4 is 6.09 Å². The van der Waals surface area contributed by atoms with E-state index in [1.54, 1.807) is 4.90 Å². The number of aliphatic hydroxyl groups is 1. The predicted octanol–water partition coefficient (Wildman–Crippen LogP) is 2.16. The van der Waals surface area contributed by atoms with Crippen molar-refractivity contribution in [2.75, 3.05) is 6.54 Å². The Bertz CT molecular complexity index is 319. The third-order valence-corrected chi connectivity index (χ3v) is 3.00. The Morgan fingerprint density at radius 2 is 1.94 bits per heavy atom. The first-order chi connectivity index (χ1) is 8.33. The minimum absolute atomic E-state index is 0.0827. The zero-order valence-corrected chi connectivity index (χ0v) is 11.5. The molecule has 1 N–H and O–H groups in total. The molecule has 0 aromatic heterocycles. The maximum Gasteiger partial charge on any atom is 0.411 e. The van der Waals surface area contributed by atoms with E-state index < -0.39 is 5.60 Å². The van der Waals surface area contributed by atoms with E-state index in [9.17, 15) is 9.90 Å². The molecular weight excluding hydrogens is 230 g/mol. The smallest absolute Gasteiger partial charge is 0.411 e. The highest BCUT2D eigenvalue weighted by molar-refractivity contribution is 5.69. The zero-order chi connectivity index (χ0) is 13.8. The zero-order valence-electron chi connectivity index (χ0n) is 11.5. The van der Waals surface area contributed by atoms with Crippen LogP contribution in [0.3, 0.4) is 0 Å². The summed E-state index contributed by atoms with van der Waals surface area (Å²) < 4.78 is 5.36. The molecule has 4 nitrogen and oxygen atoms in total. The largest absolute Gasteiger partial charge is 0.444 e. The van der Waals surface area contributed by atoms with Crippen molar-refractivity contribution in [1.82, 2.24) is 4.90 Å². The molecule has 0 aromatic carbocycles. The van der Waals surface area contributed by atoms with Gasteiger partial charge in [-0.15, -0.1) is 6.42 Å². The molecule has 0 bridgehead atoms. The van der Waals surface area contributed by atoms with E-state index in [2.05, 4.69) is 5.92 Å². The van der Waals surface area contributed by atoms with Gasteiger partial charge in [0.2, 0.25) is 0 Å². The number of rotatable bonds is 2. The van der Waals surface area contributed by atoms with Crippen LogP contribution in [0.4, 0.5) is 4.79 Å². The van der Waals surface area contributed by atoms with Crippen LogP contribution in [0.25, 0.3) is 0 Å². The van der Waals surface area contributed by atoms with E-state index in [-0.39, 0.29) is 24.8 Å². The molecule has 0 saturated heterocycles. The van der Waals surface area contributed by atoms with Crippen molar-refractivity contribution in [3.8, 4) is 12.3 Å². The number of nitrogens with zero attached hydrogens (tertiary/aromatic N) is 1. The van der Waals surface area contributed by atoms with Crippen LogP contribution in [0.5, 0.6) is 0 Å². The number of ether oxygens (including phenoxy) is 1. The molecule has 1 amide bonds. The van der Waals surface area contributed by atoms with Crippen LogP contribution < -0.4 is 0 Å². The number of carbonyl (C=O) groups is 1. The van der Waals surface area contributed by atoms with Crippen molar-refractivity contribution in [2.24, 2.45) is 0 Å². The van der Waals surface area contributed by atoms with Crippen LogP contribution >= 0.6 is 0 Å². The van der Waals surface area contributed by atoms with Gasteiger partial charge in [-0.3, -0.25) is 4.90 Å². The second-order valence-electron chi connectivity index (χ2n) is 5.77. The summed E-state index contributed by atoms with van der Waals surface area (Å²) in [6, 6.07) is 0.0827. The fraction of sp³-hybridized carbons (Fsp3) is 0.786. The monoisotopic (exact) mass is 253 g/mol. The molecule has 0 aliphatic heterocycles. The SMILES string of the molecule is C#CCN(C(=O)OC(C)(C)C)C1CCC(O)CC1. The number of carbonyl (C=O) groups excluding carboxylic acids is 1. The second kappa shape index (κ2) is 6.10. The first-order valence-corrected chi connectivity index (χ1v) is 6.44. The molecule has 102 valence electrons. The normalized spacial score (nSPS) is 24.2. The number of amides is 1. The maximum atomic E-state index is 12.1. The van der Waals surface area contributed by atoms with Crippen molar-refractivity contribution in [3.05, 3.63) is 0 Å². The fourth-order valence-electron chi connectivity index (χ4n) is 2.13. The van der Waals surface area contributed by atoms with Crippen molar-refractivity contribution in [1.29, 1.82) is 0 Å². The number of aliphatic hydroxyl groups excluding tert-OH is 1. The van der Waals surface area contributed by atoms with Gasteiger partial charge in [-0.05, 0) is 46.5 Å². The topological polar surface area (TPSA) is 49.8 Å². The minimum Gasteiger partial charge on any atom is -0.444 e. The summed E-state index contributed by atoms with van der Waals surface area (Å²) in [5.41, 5.74) is -0.516. The molecule has 0 heterocycles. The van der Waals surface area contributed by atoms with E-state index in [4.69, 9.17) is 11.2 Å². The Labute approximate surface area is 109 Å². The summed E-state index contributed by atoms with van der Waals surface area (Å²) >= 11 is 0. The van der Waals surface area contributed by atoms with Gasteiger partial charge in [-0.2, -0.15) is 0 Å². The highest BCUT2D eigenvalue weighted by atomic mass is 16.6. The van der Waals surface area contributed by atoms with E-state index in [0.29, 0.717) is 12.8 Å². The van der Waals surface area contributed by atoms with Gasteiger partial charge in [0.1, 0.15) is 5.60 Å². The lowest BCUT2D eigenvalue weighted by molar-refractivity contribution is 0.00878. The lowest BCUT2D eigenvalue weighted by Crippen LogP contribution is -2.45.